The second-order valence-corrected chi connectivity index (χ2v) is 6.26. The maximum absolute atomic E-state index is 12.4. The fraction of sp³-hybridized carbons (Fsp3) is 0.167. The van der Waals surface area contributed by atoms with Crippen LogP contribution in [0.25, 0.3) is 11.1 Å². The Morgan fingerprint density at radius 3 is 2.88 bits per heavy atom. The Balaban J connectivity index is 1.76. The Hall–Kier alpha value is -2.93. The maximum Gasteiger partial charge on any atom is 0.256 e. The zero-order valence-corrected chi connectivity index (χ0v) is 14.7. The molecule has 0 aliphatic rings. The van der Waals surface area contributed by atoms with Crippen LogP contribution in [-0.2, 0) is 13.6 Å². The van der Waals surface area contributed by atoms with Crippen LogP contribution in [-0.4, -0.2) is 22.6 Å². The van der Waals surface area contributed by atoms with E-state index in [0.29, 0.717) is 12.1 Å². The number of carbonyl (C=O) groups is 1. The summed E-state index contributed by atoms with van der Waals surface area (Å²) in [5, 5.41) is 6.90. The molecule has 3 aromatic heterocycles. The van der Waals surface area contributed by atoms with Crippen molar-refractivity contribution in [2.75, 3.05) is 7.11 Å². The molecule has 0 fully saturated rings. The second kappa shape index (κ2) is 7.31. The molecule has 0 aliphatic carbocycles. The lowest BCUT2D eigenvalue weighted by atomic mass is 10.1. The lowest BCUT2D eigenvalue weighted by Crippen LogP contribution is -2.26. The van der Waals surface area contributed by atoms with E-state index >= 15 is 0 Å². The molecule has 3 rings (SSSR count). The molecule has 1 N–H and O–H groups in total. The zero-order chi connectivity index (χ0) is 17.8. The molecule has 0 aliphatic heterocycles. The highest BCUT2D eigenvalue weighted by Crippen LogP contribution is 2.22. The molecular weight excluding hydrogens is 338 g/mol. The summed E-state index contributed by atoms with van der Waals surface area (Å²) in [6, 6.07) is 5.32. The molecule has 6 nitrogen and oxygen atoms in total. The van der Waals surface area contributed by atoms with Crippen molar-refractivity contribution in [2.24, 2.45) is 7.05 Å². The summed E-state index contributed by atoms with van der Waals surface area (Å²) in [6.45, 7) is 0.329. The SMILES string of the molecule is COc1cc(=O)n(C)cc1C(=O)NCc1cncc(-c2ccsc2)c1. The average molecular weight is 355 g/mol. The van der Waals surface area contributed by atoms with Crippen LogP contribution in [0.3, 0.4) is 0 Å². The van der Waals surface area contributed by atoms with Crippen molar-refractivity contribution < 1.29 is 9.53 Å². The standard InChI is InChI=1S/C18H17N3O3S/c1-21-10-15(16(24-2)6-17(21)22)18(23)20-8-12-5-14(9-19-7-12)13-3-4-25-11-13/h3-7,9-11H,8H2,1-2H3,(H,20,23). The third-order valence-electron chi connectivity index (χ3n) is 3.76. The minimum absolute atomic E-state index is 0.235. The van der Waals surface area contributed by atoms with Crippen molar-refractivity contribution in [1.29, 1.82) is 0 Å². The first-order chi connectivity index (χ1) is 12.1. The van der Waals surface area contributed by atoms with Crippen LogP contribution in [0.15, 0.2) is 52.3 Å². The smallest absolute Gasteiger partial charge is 0.256 e. The van der Waals surface area contributed by atoms with Gasteiger partial charge in [0.15, 0.2) is 0 Å². The van der Waals surface area contributed by atoms with Gasteiger partial charge in [-0.15, -0.1) is 0 Å². The third-order valence-corrected chi connectivity index (χ3v) is 4.44. The zero-order valence-electron chi connectivity index (χ0n) is 13.9. The quantitative estimate of drug-likeness (QED) is 0.763. The molecule has 128 valence electrons. The highest BCUT2D eigenvalue weighted by Gasteiger charge is 2.14. The topological polar surface area (TPSA) is 73.2 Å². The summed E-state index contributed by atoms with van der Waals surface area (Å²) in [5.41, 5.74) is 3.08. The Kier molecular flexibility index (Phi) is 4.95. The Morgan fingerprint density at radius 1 is 1.32 bits per heavy atom. The van der Waals surface area contributed by atoms with E-state index in [1.165, 1.54) is 23.9 Å². The van der Waals surface area contributed by atoms with Gasteiger partial charge in [-0.05, 0) is 34.0 Å². The van der Waals surface area contributed by atoms with Crippen LogP contribution in [0.1, 0.15) is 15.9 Å². The number of rotatable bonds is 5. The molecule has 3 aromatic rings. The van der Waals surface area contributed by atoms with E-state index in [1.807, 2.05) is 17.5 Å². The van der Waals surface area contributed by atoms with Gasteiger partial charge in [-0.3, -0.25) is 14.6 Å². The highest BCUT2D eigenvalue weighted by atomic mass is 32.1. The van der Waals surface area contributed by atoms with Gasteiger partial charge in [-0.2, -0.15) is 11.3 Å². The molecule has 1 amide bonds. The van der Waals surface area contributed by atoms with Gasteiger partial charge in [0, 0.05) is 43.8 Å². The third kappa shape index (κ3) is 3.77. The first-order valence-corrected chi connectivity index (χ1v) is 8.52. The largest absolute Gasteiger partial charge is 0.496 e. The molecule has 25 heavy (non-hydrogen) atoms. The van der Waals surface area contributed by atoms with Crippen molar-refractivity contribution in [3.63, 3.8) is 0 Å². The fourth-order valence-electron chi connectivity index (χ4n) is 2.40. The number of aromatic nitrogens is 2. The monoisotopic (exact) mass is 355 g/mol. The van der Waals surface area contributed by atoms with Crippen molar-refractivity contribution in [3.05, 3.63) is 69.0 Å². The molecular formula is C18H17N3O3S. The Labute approximate surface area is 148 Å². The van der Waals surface area contributed by atoms with Gasteiger partial charge in [0.1, 0.15) is 5.75 Å². The number of aryl methyl sites for hydroxylation is 1. The van der Waals surface area contributed by atoms with E-state index in [4.69, 9.17) is 4.74 Å². The molecule has 0 saturated heterocycles. The number of carbonyl (C=O) groups excluding carboxylic acids is 1. The molecule has 0 spiro atoms. The van der Waals surface area contributed by atoms with Crippen LogP contribution < -0.4 is 15.6 Å². The summed E-state index contributed by atoms with van der Waals surface area (Å²) in [4.78, 5) is 28.3. The molecule has 7 heteroatoms. The first kappa shape index (κ1) is 16.9. The normalized spacial score (nSPS) is 10.5. The second-order valence-electron chi connectivity index (χ2n) is 5.48. The van der Waals surface area contributed by atoms with Crippen LogP contribution >= 0.6 is 11.3 Å². The number of amides is 1. The first-order valence-electron chi connectivity index (χ1n) is 7.58. The summed E-state index contributed by atoms with van der Waals surface area (Å²) in [6.07, 6.45) is 4.98. The molecule has 0 unspecified atom stereocenters. The van der Waals surface area contributed by atoms with Crippen molar-refractivity contribution >= 4 is 17.2 Å². The van der Waals surface area contributed by atoms with E-state index in [2.05, 4.69) is 15.7 Å². The van der Waals surface area contributed by atoms with Crippen LogP contribution in [0.5, 0.6) is 5.75 Å². The van der Waals surface area contributed by atoms with Gasteiger partial charge in [0.05, 0.1) is 12.7 Å². The average Bonchev–Trinajstić information content (AvgIpc) is 3.16. The maximum atomic E-state index is 12.4. The molecule has 0 saturated carbocycles. The van der Waals surface area contributed by atoms with Gasteiger partial charge >= 0.3 is 0 Å². The summed E-state index contributed by atoms with van der Waals surface area (Å²) in [7, 11) is 3.02. The molecule has 0 aromatic carbocycles. The van der Waals surface area contributed by atoms with E-state index in [9.17, 15) is 9.59 Å². The summed E-state index contributed by atoms with van der Waals surface area (Å²) < 4.78 is 6.48. The summed E-state index contributed by atoms with van der Waals surface area (Å²) >= 11 is 1.62. The van der Waals surface area contributed by atoms with Gasteiger partial charge in [0.25, 0.3) is 11.5 Å². The van der Waals surface area contributed by atoms with Gasteiger partial charge < -0.3 is 14.6 Å². The van der Waals surface area contributed by atoms with Gasteiger partial charge in [0.2, 0.25) is 0 Å². The van der Waals surface area contributed by atoms with Gasteiger partial charge in [-0.25, -0.2) is 0 Å². The number of ether oxygens (including phenoxy) is 1. The number of nitrogens with one attached hydrogen (secondary N) is 1. The lowest BCUT2D eigenvalue weighted by Gasteiger charge is -2.11. The number of pyridine rings is 2. The molecule has 0 atom stereocenters. The summed E-state index contributed by atoms with van der Waals surface area (Å²) in [5.74, 6) is -0.0564. The minimum Gasteiger partial charge on any atom is -0.496 e. The Bertz CT molecular complexity index is 948. The van der Waals surface area contributed by atoms with Crippen LogP contribution in [0.4, 0.5) is 0 Å². The number of nitrogens with zero attached hydrogens (tertiary/aromatic N) is 2. The van der Waals surface area contributed by atoms with Crippen LogP contribution in [0.2, 0.25) is 0 Å². The fourth-order valence-corrected chi connectivity index (χ4v) is 3.07. The van der Waals surface area contributed by atoms with E-state index in [1.54, 1.807) is 30.8 Å². The van der Waals surface area contributed by atoms with Gasteiger partial charge in [-0.1, -0.05) is 0 Å². The molecule has 0 bridgehead atoms. The number of methoxy groups -OCH3 is 1. The van der Waals surface area contributed by atoms with Crippen molar-refractivity contribution in [1.82, 2.24) is 14.9 Å². The molecule has 3 heterocycles. The van der Waals surface area contributed by atoms with Crippen molar-refractivity contribution in [3.8, 4) is 16.9 Å². The van der Waals surface area contributed by atoms with Crippen LogP contribution in [0, 0.1) is 0 Å². The predicted octanol–water partition coefficient (Wildman–Crippen LogP) is 2.45. The number of thiophene rings is 1. The highest BCUT2D eigenvalue weighted by molar-refractivity contribution is 7.08. The Morgan fingerprint density at radius 2 is 2.16 bits per heavy atom. The van der Waals surface area contributed by atoms with Crippen molar-refractivity contribution in [2.45, 2.75) is 6.54 Å². The predicted molar refractivity (Wildman–Crippen MR) is 97.0 cm³/mol. The van der Waals surface area contributed by atoms with E-state index < -0.39 is 0 Å². The number of hydrogen-bond acceptors (Lipinski definition) is 5. The minimum atomic E-state index is -0.312. The molecule has 0 radical (unpaired) electrons. The van der Waals surface area contributed by atoms with E-state index in [0.717, 1.165) is 16.7 Å². The lowest BCUT2D eigenvalue weighted by molar-refractivity contribution is 0.0947. The number of hydrogen-bond donors (Lipinski definition) is 1. The van der Waals surface area contributed by atoms with E-state index in [-0.39, 0.29) is 17.2 Å².